The molecule has 6 fully saturated rings. The molecule has 2 aliphatic heterocycles. The molecule has 144 valence electrons. The second kappa shape index (κ2) is 4.61. The first-order valence-electron chi connectivity index (χ1n) is 9.71. The van der Waals surface area contributed by atoms with Crippen LogP contribution in [-0.2, 0) is 9.53 Å². The molecular formula is C20H28O6. The van der Waals surface area contributed by atoms with Crippen molar-refractivity contribution in [2.75, 3.05) is 6.61 Å². The van der Waals surface area contributed by atoms with Gasteiger partial charge >= 0.3 is 0 Å². The molecule has 4 N–H and O–H groups in total. The number of carbonyl (C=O) groups is 1. The minimum atomic E-state index is -2.15. The van der Waals surface area contributed by atoms with E-state index in [2.05, 4.69) is 6.58 Å². The maximum Gasteiger partial charge on any atom is 0.208 e. The number of ketones is 1. The molecule has 4 aliphatic carbocycles. The maximum absolute atomic E-state index is 13.3. The highest BCUT2D eigenvalue weighted by molar-refractivity contribution is 6.05. The fraction of sp³-hybridized carbons (Fsp3) is 0.850. The summed E-state index contributed by atoms with van der Waals surface area (Å²) in [5, 5.41) is 45.1. The van der Waals surface area contributed by atoms with E-state index in [4.69, 9.17) is 4.74 Å². The maximum atomic E-state index is 13.3. The Hall–Kier alpha value is -0.790. The SMILES string of the molecule is C=C1C(=O)C23C(CCC1[C@@H]2O)[C@@]12COC3(O)[C@@H](O)[C@@H]1C(C)(C)CC[C@@H]2O. The zero-order chi connectivity index (χ0) is 18.9. The van der Waals surface area contributed by atoms with Gasteiger partial charge in [-0.25, -0.2) is 0 Å². The Kier molecular flexibility index (Phi) is 3.07. The van der Waals surface area contributed by atoms with Crippen LogP contribution in [0.15, 0.2) is 12.2 Å². The molecule has 6 nitrogen and oxygen atoms in total. The molecule has 9 atom stereocenters. The highest BCUT2D eigenvalue weighted by Gasteiger charge is 2.86. The van der Waals surface area contributed by atoms with Crippen molar-refractivity contribution in [1.82, 2.24) is 0 Å². The summed E-state index contributed by atoms with van der Waals surface area (Å²) >= 11 is 0. The van der Waals surface area contributed by atoms with Gasteiger partial charge in [-0.3, -0.25) is 4.79 Å². The topological polar surface area (TPSA) is 107 Å². The van der Waals surface area contributed by atoms with E-state index in [1.165, 1.54) is 0 Å². The van der Waals surface area contributed by atoms with Crippen molar-refractivity contribution >= 4 is 5.78 Å². The Morgan fingerprint density at radius 1 is 1.12 bits per heavy atom. The van der Waals surface area contributed by atoms with Crippen LogP contribution < -0.4 is 0 Å². The highest BCUT2D eigenvalue weighted by atomic mass is 16.6. The molecule has 0 aromatic carbocycles. The number of Topliss-reactive ketones (excluding diaryl/α,β-unsaturated/α-hetero) is 1. The van der Waals surface area contributed by atoms with Gasteiger partial charge in [-0.2, -0.15) is 0 Å². The van der Waals surface area contributed by atoms with Gasteiger partial charge in [0.2, 0.25) is 5.79 Å². The Bertz CT molecular complexity index is 717. The minimum absolute atomic E-state index is 0.0966. The number of carbonyl (C=O) groups excluding carboxylic acids is 1. The molecule has 0 aromatic rings. The van der Waals surface area contributed by atoms with E-state index in [0.717, 1.165) is 6.42 Å². The summed E-state index contributed by atoms with van der Waals surface area (Å²) in [7, 11) is 0. The minimum Gasteiger partial charge on any atom is -0.392 e. The monoisotopic (exact) mass is 364 g/mol. The summed E-state index contributed by atoms with van der Waals surface area (Å²) in [5.74, 6) is -3.80. The van der Waals surface area contributed by atoms with Gasteiger partial charge in [-0.05, 0) is 42.6 Å². The molecule has 2 spiro atoms. The van der Waals surface area contributed by atoms with Gasteiger partial charge in [0.15, 0.2) is 5.78 Å². The van der Waals surface area contributed by atoms with Crippen LogP contribution in [0.3, 0.4) is 0 Å². The molecule has 4 unspecified atom stereocenters. The molecule has 26 heavy (non-hydrogen) atoms. The number of aliphatic hydroxyl groups is 4. The lowest BCUT2D eigenvalue weighted by atomic mass is 9.35. The molecule has 0 aromatic heterocycles. The van der Waals surface area contributed by atoms with Crippen LogP contribution >= 0.6 is 0 Å². The zero-order valence-electron chi connectivity index (χ0n) is 15.3. The summed E-state index contributed by atoms with van der Waals surface area (Å²) < 4.78 is 5.80. The molecule has 0 amide bonds. The summed E-state index contributed by atoms with van der Waals surface area (Å²) in [6.45, 7) is 8.07. The second-order valence-electron chi connectivity index (χ2n) is 9.97. The first kappa shape index (κ1) is 17.3. The van der Waals surface area contributed by atoms with Crippen molar-refractivity contribution in [1.29, 1.82) is 0 Å². The normalized spacial score (nSPS) is 59.9. The lowest BCUT2D eigenvalue weighted by molar-refractivity contribution is -0.458. The predicted molar refractivity (Wildman–Crippen MR) is 90.7 cm³/mol. The number of fused-ring (bicyclic) bond motifs is 2. The summed E-state index contributed by atoms with van der Waals surface area (Å²) in [4.78, 5) is 13.3. The van der Waals surface area contributed by atoms with Crippen molar-refractivity contribution in [3.8, 4) is 0 Å². The second-order valence-corrected chi connectivity index (χ2v) is 9.97. The van der Waals surface area contributed by atoms with Gasteiger partial charge in [0, 0.05) is 17.3 Å². The average Bonchev–Trinajstić information content (AvgIpc) is 2.69. The number of hydrogen-bond acceptors (Lipinski definition) is 6. The van der Waals surface area contributed by atoms with Gasteiger partial charge in [0.05, 0.1) is 18.8 Å². The first-order valence-corrected chi connectivity index (χ1v) is 9.71. The van der Waals surface area contributed by atoms with Gasteiger partial charge in [0.1, 0.15) is 11.5 Å². The number of ether oxygens (including phenoxy) is 1. The molecule has 2 heterocycles. The third-order valence-corrected chi connectivity index (χ3v) is 8.88. The largest absolute Gasteiger partial charge is 0.392 e. The van der Waals surface area contributed by atoms with Crippen LogP contribution in [0.5, 0.6) is 0 Å². The van der Waals surface area contributed by atoms with E-state index < -0.39 is 58.5 Å². The smallest absolute Gasteiger partial charge is 0.208 e. The lowest BCUT2D eigenvalue weighted by Crippen LogP contribution is -2.85. The highest BCUT2D eigenvalue weighted by Crippen LogP contribution is 2.76. The number of hydrogen-bond donors (Lipinski definition) is 4. The first-order chi connectivity index (χ1) is 12.1. The van der Waals surface area contributed by atoms with Gasteiger partial charge in [-0.1, -0.05) is 20.4 Å². The van der Waals surface area contributed by atoms with Crippen LogP contribution in [0.1, 0.15) is 39.5 Å². The van der Waals surface area contributed by atoms with Crippen molar-refractivity contribution in [3.05, 3.63) is 12.2 Å². The van der Waals surface area contributed by atoms with Crippen LogP contribution in [-0.4, -0.2) is 56.9 Å². The zero-order valence-corrected chi connectivity index (χ0v) is 15.3. The summed E-state index contributed by atoms with van der Waals surface area (Å²) in [6.07, 6.45) is -0.747. The molecule has 2 saturated heterocycles. The van der Waals surface area contributed by atoms with Crippen LogP contribution in [0.25, 0.3) is 0 Å². The average molecular weight is 364 g/mol. The van der Waals surface area contributed by atoms with E-state index in [9.17, 15) is 25.2 Å². The fourth-order valence-electron chi connectivity index (χ4n) is 7.90. The van der Waals surface area contributed by atoms with Crippen LogP contribution in [0.2, 0.25) is 0 Å². The third-order valence-electron chi connectivity index (χ3n) is 8.88. The Labute approximate surface area is 152 Å². The number of aliphatic hydroxyl groups excluding tert-OH is 3. The van der Waals surface area contributed by atoms with E-state index in [0.29, 0.717) is 24.8 Å². The van der Waals surface area contributed by atoms with Crippen molar-refractivity contribution in [3.63, 3.8) is 0 Å². The molecule has 4 bridgehead atoms. The van der Waals surface area contributed by atoms with E-state index >= 15 is 0 Å². The van der Waals surface area contributed by atoms with Gasteiger partial charge < -0.3 is 25.2 Å². The summed E-state index contributed by atoms with van der Waals surface area (Å²) in [5.41, 5.74) is -2.49. The van der Waals surface area contributed by atoms with E-state index in [-0.39, 0.29) is 12.0 Å². The number of rotatable bonds is 0. The Morgan fingerprint density at radius 2 is 1.81 bits per heavy atom. The van der Waals surface area contributed by atoms with Crippen molar-refractivity contribution < 1.29 is 30.0 Å². The third kappa shape index (κ3) is 1.41. The lowest BCUT2D eigenvalue weighted by Gasteiger charge is -2.74. The van der Waals surface area contributed by atoms with Gasteiger partial charge in [-0.15, -0.1) is 0 Å². The molecule has 4 saturated carbocycles. The molecule has 6 rings (SSSR count). The predicted octanol–water partition coefficient (Wildman–Crippen LogP) is 0.376. The molecule has 6 aliphatic rings. The van der Waals surface area contributed by atoms with Crippen LogP contribution in [0, 0.1) is 34.0 Å². The van der Waals surface area contributed by atoms with E-state index in [1.54, 1.807) is 0 Å². The van der Waals surface area contributed by atoms with Gasteiger partial charge in [0.25, 0.3) is 0 Å². The Morgan fingerprint density at radius 3 is 2.50 bits per heavy atom. The summed E-state index contributed by atoms with van der Waals surface area (Å²) in [6, 6.07) is 0. The van der Waals surface area contributed by atoms with Crippen molar-refractivity contribution in [2.45, 2.75) is 63.6 Å². The standard InChI is InChI=1S/C20H28O6/c1-9-10-4-5-11-18-8-26-20(25,19(11,14(9)22)15(10)23)16(24)13(18)17(2,3)7-6-12(18)21/h10-13,15-16,21,23-25H,1,4-8H2,2-3H3/t10?,11?,12-,13+,15-,16-,18+,19?,20?/m0/s1. The molecular weight excluding hydrogens is 336 g/mol. The molecule has 6 heteroatoms. The fourth-order valence-corrected chi connectivity index (χ4v) is 7.90. The Balaban J connectivity index is 1.81. The van der Waals surface area contributed by atoms with Crippen molar-refractivity contribution in [2.24, 2.45) is 34.0 Å². The van der Waals surface area contributed by atoms with Crippen LogP contribution in [0.4, 0.5) is 0 Å². The quantitative estimate of drug-likeness (QED) is 0.463. The van der Waals surface area contributed by atoms with E-state index in [1.807, 2.05) is 13.8 Å². The molecule has 0 radical (unpaired) electrons.